The summed E-state index contributed by atoms with van der Waals surface area (Å²) in [4.78, 5) is 11.7. The second-order valence-electron chi connectivity index (χ2n) is 5.35. The van der Waals surface area contributed by atoms with Crippen molar-refractivity contribution in [3.8, 4) is 5.75 Å². The minimum Gasteiger partial charge on any atom is -0.496 e. The number of benzene rings is 1. The van der Waals surface area contributed by atoms with Gasteiger partial charge in [0, 0.05) is 23.4 Å². The number of carbonyl (C=O) groups is 1. The second kappa shape index (κ2) is 5.01. The molecule has 0 radical (unpaired) electrons. The molecule has 0 aromatic heterocycles. The molecule has 0 spiro atoms. The summed E-state index contributed by atoms with van der Waals surface area (Å²) in [6.07, 6.45) is 2.23. The SMILES string of the molecule is COc1ccccc1C1(CNC(=O)C(C)C)CC1. The summed E-state index contributed by atoms with van der Waals surface area (Å²) >= 11 is 0. The molecule has 0 atom stereocenters. The monoisotopic (exact) mass is 247 g/mol. The zero-order valence-corrected chi connectivity index (χ0v) is 11.3. The molecule has 1 aliphatic rings. The van der Waals surface area contributed by atoms with E-state index in [9.17, 15) is 4.79 Å². The molecule has 1 aromatic carbocycles. The number of hydrogen-bond donors (Lipinski definition) is 1. The number of rotatable bonds is 5. The molecule has 1 amide bonds. The summed E-state index contributed by atoms with van der Waals surface area (Å²) in [6.45, 7) is 4.54. The summed E-state index contributed by atoms with van der Waals surface area (Å²) in [5.41, 5.74) is 1.31. The van der Waals surface area contributed by atoms with Crippen LogP contribution in [0.1, 0.15) is 32.3 Å². The standard InChI is InChI=1S/C15H21NO2/c1-11(2)14(17)16-10-15(8-9-15)12-6-4-5-7-13(12)18-3/h4-7,11H,8-10H2,1-3H3,(H,16,17). The highest BCUT2D eigenvalue weighted by Gasteiger charge is 2.46. The number of carbonyl (C=O) groups excluding carboxylic acids is 1. The molecule has 1 aliphatic carbocycles. The molecule has 1 aromatic rings. The number of hydrogen-bond acceptors (Lipinski definition) is 2. The number of para-hydroxylation sites is 1. The molecule has 3 nitrogen and oxygen atoms in total. The number of amides is 1. The first-order valence-corrected chi connectivity index (χ1v) is 6.50. The molecule has 2 rings (SSSR count). The molecule has 0 heterocycles. The Kier molecular flexibility index (Phi) is 3.60. The van der Waals surface area contributed by atoms with Gasteiger partial charge in [-0.2, -0.15) is 0 Å². The Morgan fingerprint density at radius 1 is 1.39 bits per heavy atom. The summed E-state index contributed by atoms with van der Waals surface area (Å²) < 4.78 is 5.41. The van der Waals surface area contributed by atoms with Crippen LogP contribution in [0.2, 0.25) is 0 Å². The van der Waals surface area contributed by atoms with E-state index < -0.39 is 0 Å². The van der Waals surface area contributed by atoms with Crippen LogP contribution in [0.4, 0.5) is 0 Å². The van der Waals surface area contributed by atoms with E-state index in [1.165, 1.54) is 5.56 Å². The van der Waals surface area contributed by atoms with Gasteiger partial charge in [-0.15, -0.1) is 0 Å². The normalized spacial score (nSPS) is 16.4. The molecule has 1 N–H and O–H groups in total. The van der Waals surface area contributed by atoms with Crippen LogP contribution in [-0.4, -0.2) is 19.6 Å². The number of methoxy groups -OCH3 is 1. The Balaban J connectivity index is 2.10. The lowest BCUT2D eigenvalue weighted by Crippen LogP contribution is -2.34. The maximum absolute atomic E-state index is 11.7. The zero-order valence-electron chi connectivity index (χ0n) is 11.3. The van der Waals surface area contributed by atoms with Crippen LogP contribution >= 0.6 is 0 Å². The van der Waals surface area contributed by atoms with Crippen molar-refractivity contribution in [3.63, 3.8) is 0 Å². The van der Waals surface area contributed by atoms with Gasteiger partial charge in [0.1, 0.15) is 5.75 Å². The molecular weight excluding hydrogens is 226 g/mol. The second-order valence-corrected chi connectivity index (χ2v) is 5.35. The van der Waals surface area contributed by atoms with Crippen molar-refractivity contribution in [2.24, 2.45) is 5.92 Å². The van der Waals surface area contributed by atoms with Crippen LogP contribution in [0.25, 0.3) is 0 Å². The van der Waals surface area contributed by atoms with E-state index in [2.05, 4.69) is 11.4 Å². The number of nitrogens with one attached hydrogen (secondary N) is 1. The van der Waals surface area contributed by atoms with Gasteiger partial charge in [-0.05, 0) is 18.9 Å². The van der Waals surface area contributed by atoms with E-state index in [1.54, 1.807) is 7.11 Å². The van der Waals surface area contributed by atoms with Gasteiger partial charge >= 0.3 is 0 Å². The Morgan fingerprint density at radius 3 is 2.61 bits per heavy atom. The maximum atomic E-state index is 11.7. The molecular formula is C15H21NO2. The van der Waals surface area contributed by atoms with Crippen LogP contribution in [0.5, 0.6) is 5.75 Å². The van der Waals surface area contributed by atoms with Gasteiger partial charge in [-0.3, -0.25) is 4.79 Å². The molecule has 3 heteroatoms. The lowest BCUT2D eigenvalue weighted by molar-refractivity contribution is -0.124. The third-order valence-electron chi connectivity index (χ3n) is 3.66. The number of ether oxygens (including phenoxy) is 1. The van der Waals surface area contributed by atoms with E-state index >= 15 is 0 Å². The predicted octanol–water partition coefficient (Wildman–Crippen LogP) is 2.50. The van der Waals surface area contributed by atoms with Crippen LogP contribution in [0.15, 0.2) is 24.3 Å². The van der Waals surface area contributed by atoms with E-state index in [-0.39, 0.29) is 17.2 Å². The van der Waals surface area contributed by atoms with Crippen molar-refractivity contribution in [1.82, 2.24) is 5.32 Å². The van der Waals surface area contributed by atoms with Crippen molar-refractivity contribution in [1.29, 1.82) is 0 Å². The molecule has 0 unspecified atom stereocenters. The third-order valence-corrected chi connectivity index (χ3v) is 3.66. The van der Waals surface area contributed by atoms with E-state index in [0.717, 1.165) is 18.6 Å². The Morgan fingerprint density at radius 2 is 2.06 bits per heavy atom. The van der Waals surface area contributed by atoms with Crippen molar-refractivity contribution >= 4 is 5.91 Å². The fraction of sp³-hybridized carbons (Fsp3) is 0.533. The molecule has 0 bridgehead atoms. The third kappa shape index (κ3) is 2.50. The van der Waals surface area contributed by atoms with Crippen LogP contribution < -0.4 is 10.1 Å². The summed E-state index contributed by atoms with van der Waals surface area (Å²) in [7, 11) is 1.70. The van der Waals surface area contributed by atoms with Crippen molar-refractivity contribution in [2.75, 3.05) is 13.7 Å². The largest absolute Gasteiger partial charge is 0.496 e. The van der Waals surface area contributed by atoms with Gasteiger partial charge < -0.3 is 10.1 Å². The quantitative estimate of drug-likeness (QED) is 0.868. The van der Waals surface area contributed by atoms with E-state index in [0.29, 0.717) is 6.54 Å². The smallest absolute Gasteiger partial charge is 0.222 e. The highest BCUT2D eigenvalue weighted by Crippen LogP contribution is 2.50. The van der Waals surface area contributed by atoms with Crippen LogP contribution in [0.3, 0.4) is 0 Å². The van der Waals surface area contributed by atoms with Crippen LogP contribution in [0, 0.1) is 5.92 Å². The van der Waals surface area contributed by atoms with Crippen molar-refractivity contribution in [3.05, 3.63) is 29.8 Å². The Labute approximate surface area is 109 Å². The zero-order chi connectivity index (χ0) is 13.2. The molecule has 0 aliphatic heterocycles. The predicted molar refractivity (Wildman–Crippen MR) is 71.8 cm³/mol. The highest BCUT2D eigenvalue weighted by molar-refractivity contribution is 5.78. The highest BCUT2D eigenvalue weighted by atomic mass is 16.5. The topological polar surface area (TPSA) is 38.3 Å². The van der Waals surface area contributed by atoms with Gasteiger partial charge in [0.05, 0.1) is 7.11 Å². The maximum Gasteiger partial charge on any atom is 0.222 e. The van der Waals surface area contributed by atoms with Gasteiger partial charge in [-0.1, -0.05) is 32.0 Å². The van der Waals surface area contributed by atoms with Crippen molar-refractivity contribution in [2.45, 2.75) is 32.1 Å². The Hall–Kier alpha value is -1.51. The minimum atomic E-state index is 0.0402. The van der Waals surface area contributed by atoms with Crippen molar-refractivity contribution < 1.29 is 9.53 Å². The van der Waals surface area contributed by atoms with E-state index in [4.69, 9.17) is 4.74 Å². The molecule has 0 saturated heterocycles. The fourth-order valence-corrected chi connectivity index (χ4v) is 2.24. The molecule has 1 saturated carbocycles. The summed E-state index contributed by atoms with van der Waals surface area (Å²) in [6, 6.07) is 8.10. The van der Waals surface area contributed by atoms with Gasteiger partial charge in [0.2, 0.25) is 5.91 Å². The molecule has 18 heavy (non-hydrogen) atoms. The lowest BCUT2D eigenvalue weighted by atomic mass is 9.94. The molecule has 98 valence electrons. The first kappa shape index (κ1) is 12.9. The summed E-state index contributed by atoms with van der Waals surface area (Å²) in [5, 5.41) is 3.04. The average Bonchev–Trinajstić information content (AvgIpc) is 3.17. The average molecular weight is 247 g/mol. The molecule has 1 fully saturated rings. The fourth-order valence-electron chi connectivity index (χ4n) is 2.24. The Bertz CT molecular complexity index is 436. The van der Waals surface area contributed by atoms with Gasteiger partial charge in [0.25, 0.3) is 0 Å². The van der Waals surface area contributed by atoms with Gasteiger partial charge in [0.15, 0.2) is 0 Å². The first-order chi connectivity index (χ1) is 8.59. The van der Waals surface area contributed by atoms with Crippen LogP contribution in [-0.2, 0) is 10.2 Å². The lowest BCUT2D eigenvalue weighted by Gasteiger charge is -2.20. The minimum absolute atomic E-state index is 0.0402. The first-order valence-electron chi connectivity index (χ1n) is 6.50. The van der Waals surface area contributed by atoms with E-state index in [1.807, 2.05) is 32.0 Å². The van der Waals surface area contributed by atoms with Gasteiger partial charge in [-0.25, -0.2) is 0 Å². The summed E-state index contributed by atoms with van der Waals surface area (Å²) in [5.74, 6) is 1.09.